The van der Waals surface area contributed by atoms with Crippen LogP contribution in [0, 0.1) is 6.92 Å². The Bertz CT molecular complexity index is 854. The molecular weight excluding hydrogens is 280 g/mol. The summed E-state index contributed by atoms with van der Waals surface area (Å²) in [5.74, 6) is 1.47. The summed E-state index contributed by atoms with van der Waals surface area (Å²) in [6.07, 6.45) is 1.92. The first kappa shape index (κ1) is 13.2. The first-order chi connectivity index (χ1) is 10.8. The molecule has 3 heterocycles. The number of benzene rings is 1. The average Bonchev–Trinajstić information content (AvgIpc) is 2.94. The van der Waals surface area contributed by atoms with Crippen LogP contribution in [0.5, 0.6) is 11.5 Å². The second-order valence-corrected chi connectivity index (χ2v) is 5.31. The van der Waals surface area contributed by atoms with E-state index in [9.17, 15) is 5.11 Å². The van der Waals surface area contributed by atoms with E-state index in [1.165, 1.54) is 0 Å². The van der Waals surface area contributed by atoms with Gasteiger partial charge in [-0.15, -0.1) is 0 Å². The number of ether oxygens (including phenoxy) is 2. The zero-order valence-electron chi connectivity index (χ0n) is 12.2. The first-order valence-corrected chi connectivity index (χ1v) is 7.25. The molecule has 1 aliphatic rings. The number of aromatic nitrogens is 2. The average molecular weight is 296 g/mol. The molecule has 0 radical (unpaired) electrons. The molecule has 0 atom stereocenters. The Morgan fingerprint density at radius 2 is 2.00 bits per heavy atom. The highest BCUT2D eigenvalue weighted by Gasteiger charge is 2.18. The van der Waals surface area contributed by atoms with E-state index in [2.05, 4.69) is 0 Å². The topological polar surface area (TPSA) is 56.0 Å². The number of fused-ring (bicyclic) bond motifs is 2. The third-order valence-electron chi connectivity index (χ3n) is 3.91. The molecule has 1 N–H and O–H groups in total. The molecule has 22 heavy (non-hydrogen) atoms. The van der Waals surface area contributed by atoms with Crippen molar-refractivity contribution in [2.24, 2.45) is 0 Å². The van der Waals surface area contributed by atoms with E-state index >= 15 is 0 Å². The number of hydrogen-bond donors (Lipinski definition) is 1. The summed E-state index contributed by atoms with van der Waals surface area (Å²) in [6.45, 7) is 3.06. The maximum absolute atomic E-state index is 9.78. The van der Waals surface area contributed by atoms with Gasteiger partial charge in [0.05, 0.1) is 18.0 Å². The maximum atomic E-state index is 9.78. The molecule has 5 heteroatoms. The van der Waals surface area contributed by atoms with Crippen molar-refractivity contribution in [1.29, 1.82) is 0 Å². The number of imidazole rings is 1. The van der Waals surface area contributed by atoms with E-state index in [0.717, 1.165) is 39.7 Å². The summed E-state index contributed by atoms with van der Waals surface area (Å²) in [4.78, 5) is 4.71. The highest BCUT2D eigenvalue weighted by atomic mass is 16.6. The number of pyridine rings is 1. The summed E-state index contributed by atoms with van der Waals surface area (Å²) in [5, 5.41) is 9.78. The number of nitrogens with zero attached hydrogens (tertiary/aromatic N) is 2. The number of aliphatic hydroxyl groups excluding tert-OH is 1. The zero-order chi connectivity index (χ0) is 15.1. The molecule has 0 saturated carbocycles. The van der Waals surface area contributed by atoms with Crippen molar-refractivity contribution in [3.63, 3.8) is 0 Å². The van der Waals surface area contributed by atoms with Gasteiger partial charge in [0.2, 0.25) is 0 Å². The van der Waals surface area contributed by atoms with E-state index in [4.69, 9.17) is 14.5 Å². The minimum Gasteiger partial charge on any atom is -0.486 e. The van der Waals surface area contributed by atoms with E-state index in [-0.39, 0.29) is 6.61 Å². The van der Waals surface area contributed by atoms with Gasteiger partial charge in [-0.1, -0.05) is 6.07 Å². The Morgan fingerprint density at radius 3 is 2.82 bits per heavy atom. The van der Waals surface area contributed by atoms with E-state index in [1.54, 1.807) is 0 Å². The fourth-order valence-electron chi connectivity index (χ4n) is 2.83. The minimum absolute atomic E-state index is 0.0750. The van der Waals surface area contributed by atoms with Gasteiger partial charge in [-0.2, -0.15) is 0 Å². The third kappa shape index (κ3) is 1.94. The van der Waals surface area contributed by atoms with Gasteiger partial charge in [0.25, 0.3) is 0 Å². The van der Waals surface area contributed by atoms with Crippen molar-refractivity contribution in [3.05, 3.63) is 47.8 Å². The molecule has 0 spiro atoms. The zero-order valence-corrected chi connectivity index (χ0v) is 12.2. The third-order valence-corrected chi connectivity index (χ3v) is 3.91. The van der Waals surface area contributed by atoms with E-state index in [0.29, 0.717) is 13.2 Å². The molecule has 112 valence electrons. The van der Waals surface area contributed by atoms with Crippen molar-refractivity contribution < 1.29 is 14.6 Å². The summed E-state index contributed by atoms with van der Waals surface area (Å²) in [5.41, 5.74) is 4.39. The van der Waals surface area contributed by atoms with Gasteiger partial charge < -0.3 is 19.0 Å². The quantitative estimate of drug-likeness (QED) is 0.789. The van der Waals surface area contributed by atoms with Gasteiger partial charge in [0.1, 0.15) is 18.9 Å². The highest BCUT2D eigenvalue weighted by Crippen LogP contribution is 2.35. The second-order valence-electron chi connectivity index (χ2n) is 5.31. The Balaban J connectivity index is 1.92. The molecule has 0 fully saturated rings. The standard InChI is InChI=1S/C17H16N2O3/c1-11-3-2-6-19-13(10-20)16(18-17(11)19)12-4-5-14-15(9-12)22-8-7-21-14/h2-6,9,20H,7-8,10H2,1H3. The van der Waals surface area contributed by atoms with Crippen molar-refractivity contribution in [2.75, 3.05) is 13.2 Å². The van der Waals surface area contributed by atoms with Crippen LogP contribution in [-0.4, -0.2) is 27.7 Å². The van der Waals surface area contributed by atoms with E-state index < -0.39 is 0 Å². The number of aliphatic hydroxyl groups is 1. The lowest BCUT2D eigenvalue weighted by atomic mass is 10.1. The lowest BCUT2D eigenvalue weighted by Crippen LogP contribution is -2.15. The van der Waals surface area contributed by atoms with Crippen molar-refractivity contribution >= 4 is 5.65 Å². The number of hydrogen-bond acceptors (Lipinski definition) is 4. The Labute approximate surface area is 127 Å². The SMILES string of the molecule is Cc1cccn2c(CO)c(-c3ccc4c(c3)OCCO4)nc12. The van der Waals surface area contributed by atoms with Gasteiger partial charge >= 0.3 is 0 Å². The van der Waals surface area contributed by atoms with Gasteiger partial charge in [-0.3, -0.25) is 0 Å². The summed E-state index contributed by atoms with van der Waals surface area (Å²) >= 11 is 0. The first-order valence-electron chi connectivity index (χ1n) is 7.25. The van der Waals surface area contributed by atoms with Gasteiger partial charge in [0.15, 0.2) is 11.5 Å². The van der Waals surface area contributed by atoms with Crippen LogP contribution in [0.4, 0.5) is 0 Å². The Hall–Kier alpha value is -2.53. The largest absolute Gasteiger partial charge is 0.486 e. The van der Waals surface area contributed by atoms with Crippen LogP contribution in [-0.2, 0) is 6.61 Å². The van der Waals surface area contributed by atoms with Crippen LogP contribution in [0.3, 0.4) is 0 Å². The molecule has 5 nitrogen and oxygen atoms in total. The second kappa shape index (κ2) is 5.03. The van der Waals surface area contributed by atoms with Crippen LogP contribution >= 0.6 is 0 Å². The molecule has 1 aliphatic heterocycles. The summed E-state index contributed by atoms with van der Waals surface area (Å²) in [6, 6.07) is 9.73. The van der Waals surface area contributed by atoms with Gasteiger partial charge in [-0.25, -0.2) is 4.98 Å². The predicted molar refractivity (Wildman–Crippen MR) is 82.3 cm³/mol. The number of aryl methyl sites for hydroxylation is 1. The highest BCUT2D eigenvalue weighted by molar-refractivity contribution is 5.70. The Kier molecular flexibility index (Phi) is 3.01. The van der Waals surface area contributed by atoms with Crippen molar-refractivity contribution in [2.45, 2.75) is 13.5 Å². The molecule has 0 amide bonds. The number of rotatable bonds is 2. The molecule has 3 aromatic rings. The molecule has 0 bridgehead atoms. The normalized spacial score (nSPS) is 13.5. The Morgan fingerprint density at radius 1 is 1.18 bits per heavy atom. The molecule has 4 rings (SSSR count). The lowest BCUT2D eigenvalue weighted by molar-refractivity contribution is 0.171. The summed E-state index contributed by atoms with van der Waals surface area (Å²) < 4.78 is 13.1. The molecule has 1 aromatic carbocycles. The summed E-state index contributed by atoms with van der Waals surface area (Å²) in [7, 11) is 0. The van der Waals surface area contributed by atoms with Crippen LogP contribution in [0.15, 0.2) is 36.5 Å². The monoisotopic (exact) mass is 296 g/mol. The molecule has 2 aromatic heterocycles. The fourth-order valence-corrected chi connectivity index (χ4v) is 2.83. The van der Waals surface area contributed by atoms with Crippen LogP contribution in [0.1, 0.15) is 11.3 Å². The molecule has 0 aliphatic carbocycles. The van der Waals surface area contributed by atoms with Crippen molar-refractivity contribution in [1.82, 2.24) is 9.38 Å². The fraction of sp³-hybridized carbons (Fsp3) is 0.235. The lowest BCUT2D eigenvalue weighted by Gasteiger charge is -2.18. The maximum Gasteiger partial charge on any atom is 0.162 e. The molecule has 0 saturated heterocycles. The smallest absolute Gasteiger partial charge is 0.162 e. The molecular formula is C17H16N2O3. The van der Waals surface area contributed by atoms with Crippen LogP contribution < -0.4 is 9.47 Å². The van der Waals surface area contributed by atoms with Crippen molar-refractivity contribution in [3.8, 4) is 22.8 Å². The van der Waals surface area contributed by atoms with Crippen LogP contribution in [0.2, 0.25) is 0 Å². The van der Waals surface area contributed by atoms with E-state index in [1.807, 2.05) is 47.9 Å². The molecule has 0 unspecified atom stereocenters. The minimum atomic E-state index is -0.0750. The van der Waals surface area contributed by atoms with Crippen LogP contribution in [0.25, 0.3) is 16.9 Å². The van der Waals surface area contributed by atoms with Gasteiger partial charge in [0, 0.05) is 11.8 Å². The van der Waals surface area contributed by atoms with Gasteiger partial charge in [-0.05, 0) is 36.8 Å². The predicted octanol–water partition coefficient (Wildman–Crippen LogP) is 2.57.